The van der Waals surface area contributed by atoms with Gasteiger partial charge in [-0.05, 0) is 64.9 Å². The second-order valence-electron chi connectivity index (χ2n) is 10.7. The van der Waals surface area contributed by atoms with E-state index in [0.717, 1.165) is 37.9 Å². The van der Waals surface area contributed by atoms with Crippen LogP contribution in [-0.2, 0) is 6.54 Å². The Bertz CT molecular complexity index is 1450. The van der Waals surface area contributed by atoms with Crippen molar-refractivity contribution in [2.75, 3.05) is 25.0 Å². The first-order valence-corrected chi connectivity index (χ1v) is 13.6. The molecule has 206 valence electrons. The fraction of sp³-hybridized carbons (Fsp3) is 0.448. The fourth-order valence-electron chi connectivity index (χ4n) is 5.87. The number of benzene rings is 1. The maximum Gasteiger partial charge on any atom is 0.229 e. The number of nitrogens with one attached hydrogen (secondary N) is 1. The van der Waals surface area contributed by atoms with Crippen LogP contribution < -0.4 is 5.32 Å². The average molecular weight is 535 g/mol. The van der Waals surface area contributed by atoms with Crippen LogP contribution in [0.25, 0.3) is 22.3 Å². The van der Waals surface area contributed by atoms with Crippen LogP contribution in [0.4, 0.5) is 20.5 Å². The van der Waals surface area contributed by atoms with Crippen LogP contribution in [0.3, 0.4) is 0 Å². The number of halogens is 2. The zero-order valence-electron chi connectivity index (χ0n) is 23.4. The summed E-state index contributed by atoms with van der Waals surface area (Å²) in [5, 5.41) is 3.05. The summed E-state index contributed by atoms with van der Waals surface area (Å²) in [4.78, 5) is 22.3. The zero-order chi connectivity index (χ0) is 27.8. The Labute approximate surface area is 228 Å². The van der Waals surface area contributed by atoms with Gasteiger partial charge in [0.05, 0.1) is 11.7 Å². The molecule has 0 radical (unpaired) electrons. The molecule has 2 unspecified atom stereocenters. The molecule has 1 aliphatic heterocycles. The molecular formula is C29H36F2N8. The first-order chi connectivity index (χ1) is 18.6. The number of aryl methyl sites for hydroxylation is 1. The summed E-state index contributed by atoms with van der Waals surface area (Å²) in [6.07, 6.45) is 2.93. The number of hydrogen-bond donors (Lipinski definition) is 1. The molecule has 0 bridgehead atoms. The van der Waals surface area contributed by atoms with Crippen molar-refractivity contribution in [2.24, 2.45) is 0 Å². The van der Waals surface area contributed by atoms with Crippen molar-refractivity contribution < 1.29 is 8.78 Å². The molecule has 1 fully saturated rings. The van der Waals surface area contributed by atoms with E-state index < -0.39 is 11.6 Å². The van der Waals surface area contributed by atoms with E-state index in [2.05, 4.69) is 55.8 Å². The predicted octanol–water partition coefficient (Wildman–Crippen LogP) is 5.71. The molecule has 0 spiro atoms. The minimum atomic E-state index is -0.637. The molecule has 0 amide bonds. The lowest BCUT2D eigenvalue weighted by atomic mass is 10.1. The summed E-state index contributed by atoms with van der Waals surface area (Å²) in [5.41, 5.74) is 2.31. The first-order valence-electron chi connectivity index (χ1n) is 13.6. The highest BCUT2D eigenvalue weighted by molar-refractivity contribution is 5.83. The van der Waals surface area contributed by atoms with E-state index in [9.17, 15) is 8.78 Å². The van der Waals surface area contributed by atoms with Crippen molar-refractivity contribution in [3.05, 3.63) is 59.7 Å². The highest BCUT2D eigenvalue weighted by Gasteiger charge is 2.28. The molecule has 3 aromatic heterocycles. The van der Waals surface area contributed by atoms with E-state index >= 15 is 0 Å². The highest BCUT2D eigenvalue weighted by Crippen LogP contribution is 2.30. The third-order valence-corrected chi connectivity index (χ3v) is 7.47. The number of aromatic nitrogens is 5. The van der Waals surface area contributed by atoms with Gasteiger partial charge in [-0.25, -0.2) is 28.7 Å². The maximum atomic E-state index is 15.0. The average Bonchev–Trinajstić information content (AvgIpc) is 3.23. The molecule has 4 heterocycles. The Morgan fingerprint density at radius 1 is 1.00 bits per heavy atom. The highest BCUT2D eigenvalue weighted by atomic mass is 19.1. The monoisotopic (exact) mass is 534 g/mol. The standard InChI is InChI=1S/C29H36F2N8/c1-7-38-18(4)14-37(15-19(38)5)16-21-8-9-26(32-12-21)35-29-33-13-24(31)27(36-29)22-10-23(30)28-25(11-22)39(17(2)3)20(6)34-28/h8-13,17-19H,7,14-16H2,1-6H3,(H,32,33,35,36). The van der Waals surface area contributed by atoms with Gasteiger partial charge >= 0.3 is 0 Å². The van der Waals surface area contributed by atoms with Gasteiger partial charge in [-0.1, -0.05) is 13.0 Å². The van der Waals surface area contributed by atoms with Gasteiger partial charge in [0.15, 0.2) is 11.6 Å². The van der Waals surface area contributed by atoms with Gasteiger partial charge in [-0.3, -0.25) is 9.80 Å². The Kier molecular flexibility index (Phi) is 7.59. The molecule has 1 N–H and O–H groups in total. The number of hydrogen-bond acceptors (Lipinski definition) is 7. The van der Waals surface area contributed by atoms with Gasteiger partial charge in [0.25, 0.3) is 0 Å². The van der Waals surface area contributed by atoms with Crippen molar-refractivity contribution in [2.45, 2.75) is 66.2 Å². The summed E-state index contributed by atoms with van der Waals surface area (Å²) in [7, 11) is 0. The molecule has 0 saturated carbocycles. The number of imidazole rings is 1. The van der Waals surface area contributed by atoms with Crippen LogP contribution in [0.2, 0.25) is 0 Å². The normalized spacial score (nSPS) is 18.8. The largest absolute Gasteiger partial charge is 0.326 e. The van der Waals surface area contributed by atoms with E-state index in [0.29, 0.717) is 34.8 Å². The number of pyridine rings is 1. The third kappa shape index (κ3) is 5.49. The lowest BCUT2D eigenvalue weighted by molar-refractivity contribution is 0.0391. The van der Waals surface area contributed by atoms with Gasteiger partial charge in [0.1, 0.15) is 22.9 Å². The second-order valence-corrected chi connectivity index (χ2v) is 10.7. The minimum Gasteiger partial charge on any atom is -0.326 e. The Balaban J connectivity index is 1.34. The van der Waals surface area contributed by atoms with Crippen molar-refractivity contribution in [3.8, 4) is 11.3 Å². The van der Waals surface area contributed by atoms with Crippen molar-refractivity contribution in [3.63, 3.8) is 0 Å². The fourth-order valence-corrected chi connectivity index (χ4v) is 5.87. The van der Waals surface area contributed by atoms with Gasteiger partial charge in [-0.2, -0.15) is 0 Å². The smallest absolute Gasteiger partial charge is 0.229 e. The molecule has 4 aromatic rings. The van der Waals surface area contributed by atoms with Crippen LogP contribution in [0.1, 0.15) is 52.0 Å². The van der Waals surface area contributed by atoms with Crippen molar-refractivity contribution >= 4 is 22.8 Å². The molecule has 10 heteroatoms. The molecule has 1 aliphatic rings. The van der Waals surface area contributed by atoms with Crippen LogP contribution in [0.5, 0.6) is 0 Å². The molecule has 1 aromatic carbocycles. The number of piperazine rings is 1. The molecule has 5 rings (SSSR count). The molecule has 1 saturated heterocycles. The lowest BCUT2D eigenvalue weighted by Gasteiger charge is -2.44. The Morgan fingerprint density at radius 2 is 1.74 bits per heavy atom. The van der Waals surface area contributed by atoms with E-state index in [1.165, 1.54) is 6.07 Å². The molecule has 0 aliphatic carbocycles. The van der Waals surface area contributed by atoms with Crippen molar-refractivity contribution in [1.82, 2.24) is 34.3 Å². The number of nitrogens with zero attached hydrogens (tertiary/aromatic N) is 7. The maximum absolute atomic E-state index is 15.0. The summed E-state index contributed by atoms with van der Waals surface area (Å²) in [6, 6.07) is 7.99. The topological polar surface area (TPSA) is 75.0 Å². The Hall–Kier alpha value is -3.50. The predicted molar refractivity (Wildman–Crippen MR) is 150 cm³/mol. The van der Waals surface area contributed by atoms with Crippen LogP contribution in [0, 0.1) is 18.6 Å². The number of likely N-dealkylation sites (N-methyl/N-ethyl adjacent to an activating group) is 1. The SMILES string of the molecule is CCN1C(C)CN(Cc2ccc(Nc3ncc(F)c(-c4cc(F)c5nc(C)n(C(C)C)c5c4)n3)nc2)CC1C. The van der Waals surface area contributed by atoms with Gasteiger partial charge in [0, 0.05) is 49.5 Å². The Morgan fingerprint density at radius 3 is 2.38 bits per heavy atom. The molecule has 8 nitrogen and oxygen atoms in total. The number of rotatable bonds is 7. The number of fused-ring (bicyclic) bond motifs is 1. The summed E-state index contributed by atoms with van der Waals surface area (Å²) >= 11 is 0. The van der Waals surface area contributed by atoms with E-state index in [4.69, 9.17) is 0 Å². The van der Waals surface area contributed by atoms with E-state index in [1.807, 2.05) is 43.7 Å². The van der Waals surface area contributed by atoms with Gasteiger partial charge in [0.2, 0.25) is 5.95 Å². The second kappa shape index (κ2) is 10.9. The molecular weight excluding hydrogens is 498 g/mol. The summed E-state index contributed by atoms with van der Waals surface area (Å²) in [6.45, 7) is 16.5. The van der Waals surface area contributed by atoms with Gasteiger partial charge in [-0.15, -0.1) is 0 Å². The van der Waals surface area contributed by atoms with Crippen LogP contribution in [0.15, 0.2) is 36.7 Å². The quantitative estimate of drug-likeness (QED) is 0.325. The molecule has 2 atom stereocenters. The lowest BCUT2D eigenvalue weighted by Crippen LogP contribution is -2.56. The van der Waals surface area contributed by atoms with E-state index in [1.54, 1.807) is 6.07 Å². The summed E-state index contributed by atoms with van der Waals surface area (Å²) < 4.78 is 31.8. The minimum absolute atomic E-state index is 0.00791. The zero-order valence-corrected chi connectivity index (χ0v) is 23.4. The van der Waals surface area contributed by atoms with Gasteiger partial charge < -0.3 is 9.88 Å². The molecule has 39 heavy (non-hydrogen) atoms. The summed E-state index contributed by atoms with van der Waals surface area (Å²) in [5.74, 6) is 0.266. The number of anilines is 2. The van der Waals surface area contributed by atoms with Crippen LogP contribution in [-0.4, -0.2) is 66.0 Å². The first kappa shape index (κ1) is 27.1. The third-order valence-electron chi connectivity index (χ3n) is 7.47. The van der Waals surface area contributed by atoms with E-state index in [-0.39, 0.29) is 23.2 Å². The van der Waals surface area contributed by atoms with Crippen LogP contribution >= 0.6 is 0 Å². The van der Waals surface area contributed by atoms with Crippen molar-refractivity contribution in [1.29, 1.82) is 0 Å².